The molecule has 3 rings (SSSR count). The van der Waals surface area contributed by atoms with Crippen LogP contribution < -0.4 is 15.5 Å². The number of carbonyl (C=O) groups excluding carboxylic acids is 2. The topological polar surface area (TPSA) is 84.7 Å². The van der Waals surface area contributed by atoms with Gasteiger partial charge in [0.25, 0.3) is 0 Å². The van der Waals surface area contributed by atoms with E-state index in [1.54, 1.807) is 24.3 Å². The van der Waals surface area contributed by atoms with Gasteiger partial charge in [0, 0.05) is 22.6 Å². The lowest BCUT2D eigenvalue weighted by atomic mass is 10.2. The van der Waals surface area contributed by atoms with E-state index in [1.807, 2.05) is 52.0 Å². The third-order valence-electron chi connectivity index (χ3n) is 4.74. The first-order chi connectivity index (χ1) is 14.9. The van der Waals surface area contributed by atoms with Gasteiger partial charge in [-0.05, 0) is 63.6 Å². The van der Waals surface area contributed by atoms with Gasteiger partial charge in [-0.25, -0.2) is 5.43 Å². The number of ether oxygens (including phenoxy) is 1. The third-order valence-corrected chi connectivity index (χ3v) is 4.74. The summed E-state index contributed by atoms with van der Waals surface area (Å²) in [5, 5.41) is 6.50. The number of amides is 2. The van der Waals surface area contributed by atoms with Crippen LogP contribution in [-0.4, -0.2) is 29.2 Å². The first kappa shape index (κ1) is 21.8. The van der Waals surface area contributed by atoms with Crippen molar-refractivity contribution in [2.45, 2.75) is 27.7 Å². The maximum absolute atomic E-state index is 12.2. The Morgan fingerprint density at radius 1 is 1.03 bits per heavy atom. The molecular weight excluding hydrogens is 392 g/mol. The predicted octanol–water partition coefficient (Wildman–Crippen LogP) is 3.89. The van der Waals surface area contributed by atoms with Crippen molar-refractivity contribution < 1.29 is 14.3 Å². The first-order valence-electron chi connectivity index (χ1n) is 10.0. The van der Waals surface area contributed by atoms with Crippen LogP contribution in [0, 0.1) is 20.8 Å². The van der Waals surface area contributed by atoms with Crippen LogP contribution in [0.1, 0.15) is 29.4 Å². The van der Waals surface area contributed by atoms with E-state index in [4.69, 9.17) is 4.74 Å². The summed E-state index contributed by atoms with van der Waals surface area (Å²) in [5.74, 6) is -1.19. The SMILES string of the molecule is CCOc1ccccc1NC(=O)C(=O)N/N=C\c1cc(C)n(-c2cccc(C)c2)c1C. The third kappa shape index (κ3) is 5.19. The molecule has 7 nitrogen and oxygen atoms in total. The summed E-state index contributed by atoms with van der Waals surface area (Å²) in [6.45, 7) is 8.33. The van der Waals surface area contributed by atoms with Crippen LogP contribution in [0.15, 0.2) is 59.7 Å². The zero-order valence-electron chi connectivity index (χ0n) is 18.1. The fourth-order valence-electron chi connectivity index (χ4n) is 3.32. The van der Waals surface area contributed by atoms with Gasteiger partial charge in [0.1, 0.15) is 5.75 Å². The van der Waals surface area contributed by atoms with Crippen LogP contribution in [0.4, 0.5) is 5.69 Å². The van der Waals surface area contributed by atoms with Crippen LogP contribution in [0.5, 0.6) is 5.75 Å². The number of benzene rings is 2. The van der Waals surface area contributed by atoms with Crippen LogP contribution in [0.25, 0.3) is 5.69 Å². The van der Waals surface area contributed by atoms with E-state index in [1.165, 1.54) is 11.8 Å². The fourth-order valence-corrected chi connectivity index (χ4v) is 3.32. The van der Waals surface area contributed by atoms with Crippen molar-refractivity contribution in [3.8, 4) is 11.4 Å². The maximum atomic E-state index is 12.2. The normalized spacial score (nSPS) is 10.8. The number of rotatable bonds is 6. The Labute approximate surface area is 181 Å². The molecule has 0 fully saturated rings. The van der Waals surface area contributed by atoms with E-state index < -0.39 is 11.8 Å². The van der Waals surface area contributed by atoms with E-state index in [0.717, 1.165) is 22.6 Å². The molecule has 0 radical (unpaired) electrons. The number of para-hydroxylation sites is 2. The quantitative estimate of drug-likeness (QED) is 0.362. The lowest BCUT2D eigenvalue weighted by molar-refractivity contribution is -0.136. The molecule has 0 atom stereocenters. The molecule has 0 saturated heterocycles. The van der Waals surface area contributed by atoms with Gasteiger partial charge in [0.05, 0.1) is 18.5 Å². The van der Waals surface area contributed by atoms with Crippen LogP contribution in [0.2, 0.25) is 0 Å². The fraction of sp³-hybridized carbons (Fsp3) is 0.208. The highest BCUT2D eigenvalue weighted by atomic mass is 16.5. The smallest absolute Gasteiger partial charge is 0.329 e. The molecule has 0 unspecified atom stereocenters. The van der Waals surface area contributed by atoms with Gasteiger partial charge < -0.3 is 14.6 Å². The molecule has 0 saturated carbocycles. The number of nitrogens with one attached hydrogen (secondary N) is 2. The summed E-state index contributed by atoms with van der Waals surface area (Å²) in [7, 11) is 0. The Morgan fingerprint density at radius 2 is 1.81 bits per heavy atom. The zero-order chi connectivity index (χ0) is 22.4. The largest absolute Gasteiger partial charge is 0.492 e. The minimum atomic E-state index is -0.866. The van der Waals surface area contributed by atoms with Crippen molar-refractivity contribution in [1.29, 1.82) is 0 Å². The summed E-state index contributed by atoms with van der Waals surface area (Å²) in [6.07, 6.45) is 1.54. The first-order valence-corrected chi connectivity index (χ1v) is 10.0. The molecule has 0 bridgehead atoms. The van der Waals surface area contributed by atoms with E-state index in [0.29, 0.717) is 18.0 Å². The van der Waals surface area contributed by atoms with Crippen molar-refractivity contribution in [2.75, 3.05) is 11.9 Å². The molecule has 7 heteroatoms. The minimum Gasteiger partial charge on any atom is -0.492 e. The second-order valence-corrected chi connectivity index (χ2v) is 7.08. The molecule has 0 spiro atoms. The van der Waals surface area contributed by atoms with Gasteiger partial charge in [0.2, 0.25) is 0 Å². The summed E-state index contributed by atoms with van der Waals surface area (Å²) < 4.78 is 7.57. The standard InChI is InChI=1S/C24H26N4O3/c1-5-31-22-12-7-6-11-21(22)26-23(29)24(30)27-25-15-19-14-17(3)28(18(19)4)20-10-8-9-16(2)13-20/h6-15H,5H2,1-4H3,(H,26,29)(H,27,30)/b25-15-. The number of aryl methyl sites for hydroxylation is 2. The van der Waals surface area contributed by atoms with Crippen molar-refractivity contribution in [1.82, 2.24) is 9.99 Å². The van der Waals surface area contributed by atoms with Gasteiger partial charge >= 0.3 is 11.8 Å². The Hall–Kier alpha value is -3.87. The highest BCUT2D eigenvalue weighted by molar-refractivity contribution is 6.39. The molecule has 2 N–H and O–H groups in total. The average molecular weight is 418 g/mol. The van der Waals surface area contributed by atoms with E-state index >= 15 is 0 Å². The highest BCUT2D eigenvalue weighted by Crippen LogP contribution is 2.23. The number of hydrogen-bond acceptors (Lipinski definition) is 4. The molecule has 0 aliphatic rings. The van der Waals surface area contributed by atoms with Crippen LogP contribution in [0.3, 0.4) is 0 Å². The Balaban J connectivity index is 1.68. The summed E-state index contributed by atoms with van der Waals surface area (Å²) >= 11 is 0. The molecular formula is C24H26N4O3. The van der Waals surface area contributed by atoms with Crippen LogP contribution in [-0.2, 0) is 9.59 Å². The molecule has 2 amide bonds. The van der Waals surface area contributed by atoms with E-state index in [9.17, 15) is 9.59 Å². The highest BCUT2D eigenvalue weighted by Gasteiger charge is 2.15. The molecule has 0 aliphatic heterocycles. The summed E-state index contributed by atoms with van der Waals surface area (Å²) in [6, 6.07) is 17.1. The second-order valence-electron chi connectivity index (χ2n) is 7.08. The Kier molecular flexibility index (Phi) is 6.87. The van der Waals surface area contributed by atoms with Crippen LogP contribution >= 0.6 is 0 Å². The lowest BCUT2D eigenvalue weighted by Crippen LogP contribution is -2.32. The van der Waals surface area contributed by atoms with Gasteiger partial charge in [-0.2, -0.15) is 5.10 Å². The Bertz CT molecular complexity index is 1130. The predicted molar refractivity (Wildman–Crippen MR) is 122 cm³/mol. The number of carbonyl (C=O) groups is 2. The number of hydrogen-bond donors (Lipinski definition) is 2. The maximum Gasteiger partial charge on any atom is 0.329 e. The molecule has 1 aromatic heterocycles. The molecule has 1 heterocycles. The van der Waals surface area contributed by atoms with Crippen molar-refractivity contribution in [3.63, 3.8) is 0 Å². The molecule has 31 heavy (non-hydrogen) atoms. The van der Waals surface area contributed by atoms with Crippen molar-refractivity contribution in [2.24, 2.45) is 5.10 Å². The van der Waals surface area contributed by atoms with Crippen molar-refractivity contribution >= 4 is 23.7 Å². The molecule has 0 aliphatic carbocycles. The lowest BCUT2D eigenvalue weighted by Gasteiger charge is -2.10. The molecule has 3 aromatic rings. The number of nitrogens with zero attached hydrogens (tertiary/aromatic N) is 2. The minimum absolute atomic E-state index is 0.426. The second kappa shape index (κ2) is 9.75. The van der Waals surface area contributed by atoms with E-state index in [2.05, 4.69) is 26.5 Å². The van der Waals surface area contributed by atoms with Gasteiger partial charge in [-0.3, -0.25) is 9.59 Å². The average Bonchev–Trinajstić information content (AvgIpc) is 3.02. The zero-order valence-corrected chi connectivity index (χ0v) is 18.1. The number of aromatic nitrogens is 1. The van der Waals surface area contributed by atoms with Crippen molar-refractivity contribution in [3.05, 3.63) is 77.1 Å². The molecule has 160 valence electrons. The van der Waals surface area contributed by atoms with E-state index in [-0.39, 0.29) is 0 Å². The van der Waals surface area contributed by atoms with Gasteiger partial charge in [-0.15, -0.1) is 0 Å². The van der Waals surface area contributed by atoms with Gasteiger partial charge in [-0.1, -0.05) is 24.3 Å². The van der Waals surface area contributed by atoms with Gasteiger partial charge in [0.15, 0.2) is 0 Å². The number of anilines is 1. The number of hydrazone groups is 1. The monoisotopic (exact) mass is 418 g/mol. The summed E-state index contributed by atoms with van der Waals surface area (Å²) in [4.78, 5) is 24.3. The summed E-state index contributed by atoms with van der Waals surface area (Å²) in [5.41, 5.74) is 7.81. The Morgan fingerprint density at radius 3 is 2.55 bits per heavy atom. The molecule has 2 aromatic carbocycles.